The fourth-order valence-electron chi connectivity index (χ4n) is 0.0456. The third kappa shape index (κ3) is 2.60. The molecule has 0 amide bonds. The van der Waals surface area contributed by atoms with Crippen LogP contribution in [0.25, 0.3) is 0 Å². The molecule has 0 aromatic carbocycles. The summed E-state index contributed by atoms with van der Waals surface area (Å²) < 4.78 is 0. The zero-order valence-corrected chi connectivity index (χ0v) is 4.77. The molecule has 0 aromatic heterocycles. The van der Waals surface area contributed by atoms with Crippen molar-refractivity contribution in [2.24, 2.45) is 5.41 Å². The summed E-state index contributed by atoms with van der Waals surface area (Å²) in [4.78, 5) is 0. The van der Waals surface area contributed by atoms with Crippen LogP contribution >= 0.6 is 0 Å². The molecule has 1 radical (unpaired) electrons. The van der Waals surface area contributed by atoms with Crippen LogP contribution in [0, 0.1) is 5.41 Å². The second kappa shape index (κ2) is 2.28. The largest absolute Gasteiger partial charge is 0.396 e. The molecular weight excluding hydrogens is 92.1 g/mol. The second-order valence-corrected chi connectivity index (χ2v) is 2.47. The van der Waals surface area contributed by atoms with Gasteiger partial charge < -0.3 is 5.11 Å². The summed E-state index contributed by atoms with van der Waals surface area (Å²) in [5, 5.41) is 18.4. The maximum atomic E-state index is 10.0. The van der Waals surface area contributed by atoms with E-state index in [-0.39, 0.29) is 13.2 Å². The summed E-state index contributed by atoms with van der Waals surface area (Å²) >= 11 is 0. The lowest BCUT2D eigenvalue weighted by Crippen LogP contribution is -2.20. The lowest BCUT2D eigenvalue weighted by molar-refractivity contribution is 0.0461. The van der Waals surface area contributed by atoms with Crippen molar-refractivity contribution in [1.82, 2.24) is 0 Å². The maximum Gasteiger partial charge on any atom is 0.0895 e. The minimum Gasteiger partial charge on any atom is -0.396 e. The van der Waals surface area contributed by atoms with Crippen LogP contribution in [0.5, 0.6) is 0 Å². The summed E-state index contributed by atoms with van der Waals surface area (Å²) in [6.45, 7) is 3.25. The highest BCUT2D eigenvalue weighted by molar-refractivity contribution is 4.62. The molecule has 0 unspecified atom stereocenters. The quantitative estimate of drug-likeness (QED) is 0.541. The molecule has 7 heavy (non-hydrogen) atoms. The zero-order valence-electron chi connectivity index (χ0n) is 4.77. The molecule has 0 aliphatic rings. The van der Waals surface area contributed by atoms with Crippen molar-refractivity contribution >= 4 is 0 Å². The molecule has 0 aliphatic heterocycles. The predicted octanol–water partition coefficient (Wildman–Crippen LogP) is 0.435. The first-order valence-corrected chi connectivity index (χ1v) is 2.31. The Morgan fingerprint density at radius 3 is 2.00 bits per heavy atom. The van der Waals surface area contributed by atoms with Crippen LogP contribution in [0.2, 0.25) is 0 Å². The first kappa shape index (κ1) is 6.92. The summed E-state index contributed by atoms with van der Waals surface area (Å²) in [5.74, 6) is 0. The lowest BCUT2D eigenvalue weighted by Gasteiger charge is -2.14. The smallest absolute Gasteiger partial charge is 0.0895 e. The van der Waals surface area contributed by atoms with Gasteiger partial charge in [0.25, 0.3) is 0 Å². The Hall–Kier alpha value is -0.0800. The van der Waals surface area contributed by atoms with Crippen LogP contribution in [0.15, 0.2) is 0 Å². The molecule has 2 nitrogen and oxygen atoms in total. The fourth-order valence-corrected chi connectivity index (χ4v) is 0.0456. The fraction of sp³-hybridized carbons (Fsp3) is 1.00. The molecule has 0 heterocycles. The van der Waals surface area contributed by atoms with Gasteiger partial charge in [-0.05, 0) is 0 Å². The predicted molar refractivity (Wildman–Crippen MR) is 26.4 cm³/mol. The minimum absolute atomic E-state index is 0.0174. The third-order valence-corrected chi connectivity index (χ3v) is 0.819. The number of hydrogen-bond donors (Lipinski definition) is 1. The molecule has 0 saturated carbocycles. The number of rotatable bonds is 2. The number of aliphatic hydroxyl groups is 1. The standard InChI is InChI=1S/C5H11O2/c1-5(2,3-6)4-7/h6H,3-4H2,1-2H3. The highest BCUT2D eigenvalue weighted by Crippen LogP contribution is 2.10. The third-order valence-electron chi connectivity index (χ3n) is 0.819. The normalized spacial score (nSPS) is 12.0. The first-order valence-electron chi connectivity index (χ1n) is 2.31. The van der Waals surface area contributed by atoms with Crippen LogP contribution in [0.3, 0.4) is 0 Å². The van der Waals surface area contributed by atoms with E-state index in [9.17, 15) is 5.11 Å². The molecule has 2 heteroatoms. The molecule has 43 valence electrons. The SMILES string of the molecule is CC(C)(C[O])CO. The molecule has 0 atom stereocenters. The Bertz CT molecular complexity index is 44.0. The topological polar surface area (TPSA) is 40.1 Å². The van der Waals surface area contributed by atoms with E-state index in [0.29, 0.717) is 0 Å². The summed E-state index contributed by atoms with van der Waals surface area (Å²) in [7, 11) is 0. The molecule has 0 spiro atoms. The molecule has 1 N–H and O–H groups in total. The first-order chi connectivity index (χ1) is 3.12. The van der Waals surface area contributed by atoms with Gasteiger partial charge in [0.2, 0.25) is 0 Å². The van der Waals surface area contributed by atoms with Gasteiger partial charge in [-0.1, -0.05) is 13.8 Å². The van der Waals surface area contributed by atoms with E-state index in [1.807, 2.05) is 0 Å². The highest BCUT2D eigenvalue weighted by atomic mass is 16.3. The Morgan fingerprint density at radius 1 is 1.57 bits per heavy atom. The minimum atomic E-state index is -0.417. The monoisotopic (exact) mass is 103 g/mol. The molecule has 0 aromatic rings. The van der Waals surface area contributed by atoms with Crippen molar-refractivity contribution in [3.05, 3.63) is 0 Å². The van der Waals surface area contributed by atoms with Gasteiger partial charge in [-0.3, -0.25) is 0 Å². The van der Waals surface area contributed by atoms with E-state index in [1.165, 1.54) is 0 Å². The van der Waals surface area contributed by atoms with Crippen molar-refractivity contribution in [3.63, 3.8) is 0 Å². The molecule has 0 fully saturated rings. The van der Waals surface area contributed by atoms with Gasteiger partial charge in [-0.2, -0.15) is 0 Å². The van der Waals surface area contributed by atoms with E-state index >= 15 is 0 Å². The molecule has 0 saturated heterocycles. The van der Waals surface area contributed by atoms with Gasteiger partial charge >= 0.3 is 0 Å². The second-order valence-electron chi connectivity index (χ2n) is 2.47. The van der Waals surface area contributed by atoms with Gasteiger partial charge in [-0.25, -0.2) is 5.11 Å². The Morgan fingerprint density at radius 2 is 2.00 bits per heavy atom. The zero-order chi connectivity index (χ0) is 5.91. The Kier molecular flexibility index (Phi) is 2.26. The van der Waals surface area contributed by atoms with E-state index in [1.54, 1.807) is 13.8 Å². The molecule has 0 rings (SSSR count). The maximum absolute atomic E-state index is 10.0. The van der Waals surface area contributed by atoms with Gasteiger partial charge in [0.1, 0.15) is 0 Å². The molecular formula is C5H11O2. The number of aliphatic hydroxyl groups excluding tert-OH is 1. The van der Waals surface area contributed by atoms with Crippen LogP contribution in [-0.4, -0.2) is 18.3 Å². The van der Waals surface area contributed by atoms with Gasteiger partial charge in [0.15, 0.2) is 0 Å². The Balaban J connectivity index is 3.36. The summed E-state index contributed by atoms with van der Waals surface area (Å²) in [6.07, 6.45) is 0. The summed E-state index contributed by atoms with van der Waals surface area (Å²) in [5.41, 5.74) is -0.417. The number of hydrogen-bond acceptors (Lipinski definition) is 1. The van der Waals surface area contributed by atoms with Gasteiger partial charge in [-0.15, -0.1) is 0 Å². The molecule has 0 aliphatic carbocycles. The van der Waals surface area contributed by atoms with Crippen LogP contribution < -0.4 is 0 Å². The van der Waals surface area contributed by atoms with Crippen molar-refractivity contribution in [2.45, 2.75) is 13.8 Å². The average Bonchev–Trinajstić information content (AvgIpc) is 1.68. The van der Waals surface area contributed by atoms with Gasteiger partial charge in [0, 0.05) is 5.41 Å². The Labute approximate surface area is 43.8 Å². The van der Waals surface area contributed by atoms with Crippen molar-refractivity contribution in [3.8, 4) is 0 Å². The van der Waals surface area contributed by atoms with E-state index in [0.717, 1.165) is 0 Å². The lowest BCUT2D eigenvalue weighted by atomic mass is 9.97. The highest BCUT2D eigenvalue weighted by Gasteiger charge is 2.14. The van der Waals surface area contributed by atoms with Crippen molar-refractivity contribution in [2.75, 3.05) is 13.2 Å². The van der Waals surface area contributed by atoms with E-state index < -0.39 is 5.41 Å². The van der Waals surface area contributed by atoms with Gasteiger partial charge in [0.05, 0.1) is 13.2 Å². The summed E-state index contributed by atoms with van der Waals surface area (Å²) in [6, 6.07) is 0. The average molecular weight is 103 g/mol. The van der Waals surface area contributed by atoms with E-state index in [2.05, 4.69) is 0 Å². The van der Waals surface area contributed by atoms with Crippen LogP contribution in [0.1, 0.15) is 13.8 Å². The van der Waals surface area contributed by atoms with Crippen molar-refractivity contribution in [1.29, 1.82) is 0 Å². The molecule has 0 bridgehead atoms. The van der Waals surface area contributed by atoms with Crippen LogP contribution in [-0.2, 0) is 5.11 Å². The van der Waals surface area contributed by atoms with Crippen molar-refractivity contribution < 1.29 is 10.2 Å². The van der Waals surface area contributed by atoms with E-state index in [4.69, 9.17) is 5.11 Å². The van der Waals surface area contributed by atoms with Crippen LogP contribution in [0.4, 0.5) is 0 Å².